The van der Waals surface area contributed by atoms with Crippen LogP contribution in [0.2, 0.25) is 16.6 Å². The van der Waals surface area contributed by atoms with E-state index in [0.717, 1.165) is 6.42 Å². The van der Waals surface area contributed by atoms with E-state index in [9.17, 15) is 5.11 Å². The Bertz CT molecular complexity index is 236. The molecule has 0 aromatic rings. The first-order chi connectivity index (χ1) is 7.28. The highest BCUT2D eigenvalue weighted by molar-refractivity contribution is 6.90. The van der Waals surface area contributed by atoms with Crippen LogP contribution < -0.4 is 0 Å². The monoisotopic (exact) mass is 240 g/mol. The van der Waals surface area contributed by atoms with Gasteiger partial charge in [-0.3, -0.25) is 0 Å². The minimum absolute atomic E-state index is 0.442. The Balaban J connectivity index is 5.26. The Kier molecular flexibility index (Phi) is 6.36. The molecule has 94 valence electrons. The number of hydrogen-bond donors (Lipinski definition) is 1. The van der Waals surface area contributed by atoms with E-state index >= 15 is 0 Å². The molecule has 0 radical (unpaired) electrons. The number of rotatable bonds is 4. The van der Waals surface area contributed by atoms with Gasteiger partial charge in [0.05, 0.1) is 0 Å². The molecule has 1 nitrogen and oxygen atoms in total. The third-order valence-corrected chi connectivity index (χ3v) is 10.0. The molecule has 16 heavy (non-hydrogen) atoms. The Morgan fingerprint density at radius 3 is 1.56 bits per heavy atom. The summed E-state index contributed by atoms with van der Waals surface area (Å²) in [5, 5.41) is 9.62. The van der Waals surface area contributed by atoms with Crippen molar-refractivity contribution >= 4 is 8.07 Å². The van der Waals surface area contributed by atoms with E-state index in [0.29, 0.717) is 16.6 Å². The molecule has 1 unspecified atom stereocenters. The Labute approximate surface area is 103 Å². The summed E-state index contributed by atoms with van der Waals surface area (Å²) in [7, 11) is -1.63. The van der Waals surface area contributed by atoms with Crippen LogP contribution in [-0.4, -0.2) is 19.3 Å². The molecular formula is C14H28OSi. The second kappa shape index (κ2) is 6.47. The van der Waals surface area contributed by atoms with Crippen molar-refractivity contribution in [1.29, 1.82) is 0 Å². The van der Waals surface area contributed by atoms with E-state index in [1.807, 2.05) is 6.92 Å². The van der Waals surface area contributed by atoms with E-state index in [1.54, 1.807) is 0 Å². The average Bonchev–Trinajstić information content (AvgIpc) is 2.16. The lowest BCUT2D eigenvalue weighted by molar-refractivity contribution is 0.228. The van der Waals surface area contributed by atoms with E-state index in [-0.39, 0.29) is 0 Å². The van der Waals surface area contributed by atoms with Gasteiger partial charge in [0.1, 0.15) is 14.2 Å². The number of aliphatic hydroxyl groups excluding tert-OH is 1. The van der Waals surface area contributed by atoms with Crippen LogP contribution in [0.25, 0.3) is 0 Å². The zero-order valence-electron chi connectivity index (χ0n) is 12.0. The van der Waals surface area contributed by atoms with E-state index in [1.165, 1.54) is 0 Å². The van der Waals surface area contributed by atoms with Gasteiger partial charge in [-0.15, -0.1) is 5.54 Å². The van der Waals surface area contributed by atoms with Gasteiger partial charge in [0.15, 0.2) is 0 Å². The minimum Gasteiger partial charge on any atom is -0.380 e. The lowest BCUT2D eigenvalue weighted by Crippen LogP contribution is -2.43. The van der Waals surface area contributed by atoms with Gasteiger partial charge in [-0.2, -0.15) is 0 Å². The SMILES string of the molecule is CCC(O)C#C[Si](C(C)C)(C(C)C)C(C)C. The van der Waals surface area contributed by atoms with Crippen molar-refractivity contribution in [2.75, 3.05) is 0 Å². The minimum atomic E-state index is -1.63. The summed E-state index contributed by atoms with van der Waals surface area (Å²) >= 11 is 0. The molecule has 2 heteroatoms. The molecule has 1 atom stereocenters. The molecular weight excluding hydrogens is 212 g/mol. The summed E-state index contributed by atoms with van der Waals surface area (Å²) < 4.78 is 0. The molecule has 0 amide bonds. The van der Waals surface area contributed by atoms with Gasteiger partial charge < -0.3 is 5.11 Å². The first-order valence-electron chi connectivity index (χ1n) is 6.49. The van der Waals surface area contributed by atoms with Crippen molar-refractivity contribution in [3.05, 3.63) is 0 Å². The molecule has 0 bridgehead atoms. The Hall–Kier alpha value is -0.263. The molecule has 0 saturated heterocycles. The third kappa shape index (κ3) is 3.36. The summed E-state index contributed by atoms with van der Waals surface area (Å²) in [6, 6.07) is 0. The summed E-state index contributed by atoms with van der Waals surface area (Å²) in [5.41, 5.74) is 5.45. The first-order valence-corrected chi connectivity index (χ1v) is 8.72. The summed E-state index contributed by atoms with van der Waals surface area (Å²) in [4.78, 5) is 0. The number of aliphatic hydroxyl groups is 1. The zero-order chi connectivity index (χ0) is 12.9. The Morgan fingerprint density at radius 1 is 0.938 bits per heavy atom. The average molecular weight is 240 g/mol. The smallest absolute Gasteiger partial charge is 0.146 e. The van der Waals surface area contributed by atoms with E-state index < -0.39 is 14.2 Å². The maximum absolute atomic E-state index is 9.62. The van der Waals surface area contributed by atoms with Crippen LogP contribution in [0.4, 0.5) is 0 Å². The van der Waals surface area contributed by atoms with Gasteiger partial charge in [-0.05, 0) is 23.0 Å². The fraction of sp³-hybridized carbons (Fsp3) is 0.857. The third-order valence-electron chi connectivity index (χ3n) is 3.71. The fourth-order valence-corrected chi connectivity index (χ4v) is 8.03. The zero-order valence-corrected chi connectivity index (χ0v) is 13.0. The largest absolute Gasteiger partial charge is 0.380 e. The molecule has 0 aromatic carbocycles. The van der Waals surface area contributed by atoms with Crippen LogP contribution >= 0.6 is 0 Å². The number of hydrogen-bond acceptors (Lipinski definition) is 1. The molecule has 0 rings (SSSR count). The predicted molar refractivity (Wildman–Crippen MR) is 75.1 cm³/mol. The van der Waals surface area contributed by atoms with Crippen molar-refractivity contribution in [2.24, 2.45) is 0 Å². The van der Waals surface area contributed by atoms with E-state index in [4.69, 9.17) is 0 Å². The van der Waals surface area contributed by atoms with Crippen molar-refractivity contribution in [1.82, 2.24) is 0 Å². The molecule has 0 aliphatic heterocycles. The molecule has 0 heterocycles. The predicted octanol–water partition coefficient (Wildman–Crippen LogP) is 3.98. The van der Waals surface area contributed by atoms with Crippen molar-refractivity contribution in [3.63, 3.8) is 0 Å². The van der Waals surface area contributed by atoms with E-state index in [2.05, 4.69) is 53.0 Å². The first kappa shape index (κ1) is 15.7. The summed E-state index contributed by atoms with van der Waals surface area (Å²) in [5.74, 6) is 3.08. The standard InChI is InChI=1S/C14H28OSi/c1-8-14(15)9-10-16(11(2)3,12(4)5)13(6)7/h11-15H,8H2,1-7H3. The second-order valence-electron chi connectivity index (χ2n) is 5.59. The van der Waals surface area contributed by atoms with Gasteiger partial charge in [-0.25, -0.2) is 0 Å². The van der Waals surface area contributed by atoms with Crippen molar-refractivity contribution in [3.8, 4) is 11.5 Å². The van der Waals surface area contributed by atoms with Crippen molar-refractivity contribution < 1.29 is 5.11 Å². The van der Waals surface area contributed by atoms with Crippen LogP contribution in [0.5, 0.6) is 0 Å². The van der Waals surface area contributed by atoms with Gasteiger partial charge in [0.2, 0.25) is 0 Å². The maximum atomic E-state index is 9.62. The van der Waals surface area contributed by atoms with Crippen LogP contribution in [0, 0.1) is 11.5 Å². The highest BCUT2D eigenvalue weighted by Crippen LogP contribution is 2.40. The van der Waals surface area contributed by atoms with Gasteiger partial charge >= 0.3 is 0 Å². The van der Waals surface area contributed by atoms with Crippen LogP contribution in [0.3, 0.4) is 0 Å². The van der Waals surface area contributed by atoms with Crippen LogP contribution in [-0.2, 0) is 0 Å². The van der Waals surface area contributed by atoms with Gasteiger partial charge in [0, 0.05) is 0 Å². The van der Waals surface area contributed by atoms with Crippen LogP contribution in [0.15, 0.2) is 0 Å². The molecule has 0 saturated carbocycles. The van der Waals surface area contributed by atoms with Gasteiger partial charge in [-0.1, -0.05) is 54.4 Å². The topological polar surface area (TPSA) is 20.2 Å². The quantitative estimate of drug-likeness (QED) is 0.582. The lowest BCUT2D eigenvalue weighted by Gasteiger charge is -2.38. The maximum Gasteiger partial charge on any atom is 0.146 e. The molecule has 0 aliphatic rings. The normalized spacial score (nSPS) is 14.2. The summed E-state index contributed by atoms with van der Waals surface area (Å²) in [6.45, 7) is 15.7. The lowest BCUT2D eigenvalue weighted by atomic mass is 10.3. The highest BCUT2D eigenvalue weighted by Gasteiger charge is 2.41. The molecule has 1 N–H and O–H groups in total. The summed E-state index contributed by atoms with van der Waals surface area (Å²) in [6.07, 6.45) is 0.286. The fourth-order valence-electron chi connectivity index (χ4n) is 2.74. The molecule has 0 aliphatic carbocycles. The van der Waals surface area contributed by atoms with Gasteiger partial charge in [0.25, 0.3) is 0 Å². The second-order valence-corrected chi connectivity index (χ2v) is 11.2. The highest BCUT2D eigenvalue weighted by atomic mass is 28.3. The van der Waals surface area contributed by atoms with Crippen molar-refractivity contribution in [2.45, 2.75) is 77.6 Å². The Morgan fingerprint density at radius 2 is 1.31 bits per heavy atom. The van der Waals surface area contributed by atoms with Crippen LogP contribution in [0.1, 0.15) is 54.9 Å². The molecule has 0 spiro atoms. The molecule has 0 aromatic heterocycles. The molecule has 0 fully saturated rings.